The van der Waals surface area contributed by atoms with E-state index in [0.717, 1.165) is 49.8 Å². The number of carbonyl (C=O) groups excluding carboxylic acids is 2. The van der Waals surface area contributed by atoms with Gasteiger partial charge in [-0.2, -0.15) is 34.8 Å². The minimum Gasteiger partial charge on any atom is -1.00 e. The van der Waals surface area contributed by atoms with Crippen LogP contribution in [0.1, 0.15) is 70.3 Å². The molecule has 0 bridgehead atoms. The molecular weight excluding hydrogens is 919 g/mol. The molecule has 0 spiro atoms. The molecule has 2 aromatic carbocycles. The van der Waals surface area contributed by atoms with Gasteiger partial charge in [-0.05, 0) is 95.9 Å². The van der Waals surface area contributed by atoms with E-state index in [2.05, 4.69) is 48.0 Å². The van der Waals surface area contributed by atoms with E-state index in [9.17, 15) is 57.3 Å². The fraction of sp³-hybridized carbons (Fsp3) is 0.487. The number of halogens is 7. The van der Waals surface area contributed by atoms with Gasteiger partial charge in [-0.1, -0.05) is 69.6 Å². The number of hydrogen-bond donors (Lipinski definition) is 3. The molecule has 11 nitrogen and oxygen atoms in total. The Bertz CT molecular complexity index is 1600. The van der Waals surface area contributed by atoms with Crippen LogP contribution >= 0.6 is 15.9 Å². The Morgan fingerprint density at radius 2 is 1.17 bits per heavy atom. The number of alkyl halides is 7. The SMILES string of the molecule is C=CCCCCBr.C=CCCCCN(C)C(=O)C(F)(F)F.C=CCCCC[NH2+]C.CNC(=O)C(F)(F)F.Cc1ccc(S(=O)(=O)O)cc1.Cc1ccc(S(=O)(=O)[O-])cc1.[H-].[Na+]. The second-order valence-corrected chi connectivity index (χ2v) is 15.7. The van der Waals surface area contributed by atoms with E-state index in [0.29, 0.717) is 11.3 Å². The molecule has 0 saturated heterocycles. The van der Waals surface area contributed by atoms with Crippen molar-refractivity contribution in [3.8, 4) is 0 Å². The summed E-state index contributed by atoms with van der Waals surface area (Å²) in [7, 11) is -4.10. The van der Waals surface area contributed by atoms with Crippen molar-refractivity contribution in [2.45, 2.75) is 93.8 Å². The van der Waals surface area contributed by atoms with Crippen LogP contribution in [-0.4, -0.2) is 94.6 Å². The number of allylic oxidation sites excluding steroid dienone is 3. The van der Waals surface area contributed by atoms with Gasteiger partial charge < -0.3 is 21.5 Å². The minimum absolute atomic E-state index is 0. The third-order valence-electron chi connectivity index (χ3n) is 6.80. The van der Waals surface area contributed by atoms with Gasteiger partial charge in [0.05, 0.1) is 23.4 Å². The van der Waals surface area contributed by atoms with E-state index in [1.165, 1.54) is 68.2 Å². The maximum atomic E-state index is 11.9. The second kappa shape index (κ2) is 38.1. The number of hydrogen-bond acceptors (Lipinski definition) is 7. The van der Waals surface area contributed by atoms with E-state index in [4.69, 9.17) is 4.55 Å². The second-order valence-electron chi connectivity index (χ2n) is 12.1. The van der Waals surface area contributed by atoms with Crippen molar-refractivity contribution in [3.63, 3.8) is 0 Å². The maximum Gasteiger partial charge on any atom is 1.00 e. The first-order valence-corrected chi connectivity index (χ1v) is 22.0. The predicted molar refractivity (Wildman–Crippen MR) is 224 cm³/mol. The molecule has 60 heavy (non-hydrogen) atoms. The van der Waals surface area contributed by atoms with Gasteiger partial charge >= 0.3 is 53.7 Å². The predicted octanol–water partition coefficient (Wildman–Crippen LogP) is 5.19. The van der Waals surface area contributed by atoms with Crippen LogP contribution < -0.4 is 40.2 Å². The van der Waals surface area contributed by atoms with Crippen molar-refractivity contribution in [1.82, 2.24) is 10.2 Å². The molecule has 0 saturated carbocycles. The number of benzene rings is 2. The first-order valence-electron chi connectivity index (χ1n) is 18.0. The summed E-state index contributed by atoms with van der Waals surface area (Å²) < 4.78 is 129. The number of nitrogens with two attached hydrogens (primary N) is 1. The molecule has 0 aromatic heterocycles. The standard InChI is InChI=1S/C9H14F3NO.C7H15N.2C7H8O3S.C6H11Br.C3H4F3NO.Na.H/c1-3-4-5-6-7-13(2)8(14)9(10,11)12;1-3-4-5-6-7-8-2;2*1-6-2-4-7(5-3-6)11(8,9)10;1-2-3-4-5-6-7;1-7-2(8)3(4,5)6;;/h3H,1,4-7H2,2H3;3,8H,1,4-7H2,2H3;2*2-5H,1H3,(H,8,9,10);2H,1,3-6H2;1H3,(H,7,8);;/q;;;;;;+1;-1. The van der Waals surface area contributed by atoms with E-state index in [1.54, 1.807) is 30.3 Å². The molecule has 0 fully saturated rings. The summed E-state index contributed by atoms with van der Waals surface area (Å²) >= 11 is 3.35. The van der Waals surface area contributed by atoms with Gasteiger partial charge in [0.25, 0.3) is 10.1 Å². The smallest absolute Gasteiger partial charge is 1.00 e. The summed E-state index contributed by atoms with van der Waals surface area (Å²) in [5.74, 6) is -3.70. The summed E-state index contributed by atoms with van der Waals surface area (Å²) in [6.45, 7) is 15.8. The number of rotatable bonds is 16. The molecule has 4 N–H and O–H groups in total. The van der Waals surface area contributed by atoms with Crippen LogP contribution in [0.25, 0.3) is 0 Å². The Labute approximate surface area is 385 Å². The zero-order valence-electron chi connectivity index (χ0n) is 36.2. The Morgan fingerprint density at radius 3 is 1.45 bits per heavy atom. The topological polar surface area (TPSA) is 178 Å². The molecule has 0 heterocycles. The molecule has 0 unspecified atom stereocenters. The van der Waals surface area contributed by atoms with Gasteiger partial charge in [0.15, 0.2) is 0 Å². The number of quaternary nitrogens is 1. The van der Waals surface area contributed by atoms with E-state index in [1.807, 2.05) is 26.0 Å². The molecule has 0 aliphatic rings. The van der Waals surface area contributed by atoms with Gasteiger partial charge in [-0.15, -0.1) is 19.7 Å². The monoisotopic (exact) mass is 979 g/mol. The Kier molecular flexibility index (Phi) is 42.3. The summed E-state index contributed by atoms with van der Waals surface area (Å²) in [6, 6.07) is 11.8. The molecule has 21 heteroatoms. The van der Waals surface area contributed by atoms with Crippen molar-refractivity contribution in [3.05, 3.63) is 97.6 Å². The van der Waals surface area contributed by atoms with Crippen molar-refractivity contribution in [2.24, 2.45) is 0 Å². The Morgan fingerprint density at radius 1 is 0.783 bits per heavy atom. The maximum absolute atomic E-state index is 11.9. The van der Waals surface area contributed by atoms with Crippen molar-refractivity contribution in [2.75, 3.05) is 39.6 Å². The number of unbranched alkanes of at least 4 members (excludes halogenated alkanes) is 6. The van der Waals surface area contributed by atoms with E-state index >= 15 is 0 Å². The molecular formula is C39H61BrF6N3NaO8S2. The van der Waals surface area contributed by atoms with Crippen LogP contribution in [0.4, 0.5) is 26.3 Å². The molecule has 2 aromatic rings. The summed E-state index contributed by atoms with van der Waals surface area (Å²) in [6.07, 6.45) is 5.71. The number of nitrogens with one attached hydrogen (secondary N) is 1. The fourth-order valence-electron chi connectivity index (χ4n) is 3.53. The molecule has 0 aliphatic heterocycles. The summed E-state index contributed by atoms with van der Waals surface area (Å²) in [5.41, 5.74) is 1.88. The summed E-state index contributed by atoms with van der Waals surface area (Å²) in [4.78, 5) is 20.7. The van der Waals surface area contributed by atoms with Crippen molar-refractivity contribution in [1.29, 1.82) is 0 Å². The average Bonchev–Trinajstić information content (AvgIpc) is 3.15. The molecule has 0 atom stereocenters. The quantitative estimate of drug-likeness (QED) is 0.0515. The normalized spacial score (nSPS) is 10.5. The molecule has 2 rings (SSSR count). The number of carbonyl (C=O) groups is 2. The van der Waals surface area contributed by atoms with E-state index in [-0.39, 0.29) is 47.3 Å². The zero-order chi connectivity index (χ0) is 46.7. The first kappa shape index (κ1) is 66.5. The molecule has 0 aliphatic carbocycles. The zero-order valence-corrected chi connectivity index (χ0v) is 40.5. The largest absolute Gasteiger partial charge is 1.00 e. The fourth-order valence-corrected chi connectivity index (χ4v) is 4.88. The number of aryl methyl sites for hydroxylation is 2. The van der Waals surface area contributed by atoms with Gasteiger partial charge in [0.2, 0.25) is 0 Å². The first-order chi connectivity index (χ1) is 27.2. The molecule has 0 radical (unpaired) electrons. The van der Waals surface area contributed by atoms with Crippen LogP contribution in [0, 0.1) is 13.8 Å². The Balaban J connectivity index is -0.000000150. The minimum atomic E-state index is -4.76. The Hall–Kier alpha value is -2.56. The van der Waals surface area contributed by atoms with Crippen LogP contribution in [-0.2, 0) is 29.8 Å². The number of amides is 2. The summed E-state index contributed by atoms with van der Waals surface area (Å²) in [5, 5.41) is 4.78. The van der Waals surface area contributed by atoms with Gasteiger partial charge in [-0.3, -0.25) is 14.1 Å². The van der Waals surface area contributed by atoms with Crippen LogP contribution in [0.3, 0.4) is 0 Å². The molecule has 2 amide bonds. The van der Waals surface area contributed by atoms with Crippen LogP contribution in [0.2, 0.25) is 0 Å². The van der Waals surface area contributed by atoms with Crippen molar-refractivity contribution >= 4 is 48.0 Å². The molecule has 342 valence electrons. The third kappa shape index (κ3) is 42.1. The van der Waals surface area contributed by atoms with Gasteiger partial charge in [-0.25, -0.2) is 8.42 Å². The number of nitrogens with zero attached hydrogens (tertiary/aromatic N) is 1. The van der Waals surface area contributed by atoms with Crippen LogP contribution in [0.5, 0.6) is 0 Å². The average molecular weight is 981 g/mol. The van der Waals surface area contributed by atoms with Gasteiger partial charge in [0, 0.05) is 26.0 Å². The van der Waals surface area contributed by atoms with Crippen molar-refractivity contribution < 1.29 is 98.2 Å². The van der Waals surface area contributed by atoms with Gasteiger partial charge in [0.1, 0.15) is 10.1 Å². The third-order valence-corrected chi connectivity index (χ3v) is 9.08. The van der Waals surface area contributed by atoms with Crippen LogP contribution in [0.15, 0.2) is 96.3 Å². The van der Waals surface area contributed by atoms with E-state index < -0.39 is 44.4 Å².